The van der Waals surface area contributed by atoms with Crippen molar-refractivity contribution in [3.63, 3.8) is 0 Å². The van der Waals surface area contributed by atoms with E-state index in [2.05, 4.69) is 24.2 Å². The molecule has 0 spiro atoms. The zero-order valence-corrected chi connectivity index (χ0v) is 15.3. The van der Waals surface area contributed by atoms with Gasteiger partial charge in [-0.1, -0.05) is 0 Å². The number of hydrogen-bond acceptors (Lipinski definition) is 4. The first kappa shape index (κ1) is 17.0. The lowest BCUT2D eigenvalue weighted by atomic mass is 9.96. The van der Waals surface area contributed by atoms with Crippen LogP contribution in [0.25, 0.3) is 0 Å². The third-order valence-electron chi connectivity index (χ3n) is 5.70. The lowest BCUT2D eigenvalue weighted by molar-refractivity contribution is 0.00434. The Bertz CT molecular complexity index is 424. The second-order valence-corrected chi connectivity index (χ2v) is 8.83. The number of fused-ring (bicyclic) bond motifs is 2. The molecule has 0 aromatic carbocycles. The second-order valence-electron chi connectivity index (χ2n) is 8.83. The number of carbonyl (C=O) groups excluding carboxylic acids is 1. The molecular weight excluding hydrogens is 290 g/mol. The van der Waals surface area contributed by atoms with Gasteiger partial charge in [0.05, 0.1) is 0 Å². The molecule has 0 aromatic rings. The van der Waals surface area contributed by atoms with Crippen molar-refractivity contribution in [1.29, 1.82) is 0 Å². The molecule has 5 nitrogen and oxygen atoms in total. The Kier molecular flexibility index (Phi) is 4.62. The van der Waals surface area contributed by atoms with Crippen LogP contribution in [0.15, 0.2) is 0 Å². The van der Waals surface area contributed by atoms with Gasteiger partial charge in [-0.25, -0.2) is 4.79 Å². The molecule has 2 bridgehead atoms. The zero-order chi connectivity index (χ0) is 16.8. The van der Waals surface area contributed by atoms with Crippen molar-refractivity contribution < 1.29 is 9.53 Å². The maximum atomic E-state index is 12.5. The number of carbonyl (C=O) groups is 1. The molecule has 1 amide bonds. The molecule has 0 aliphatic carbocycles. The normalized spacial score (nSPS) is 38.1. The average molecular weight is 323 g/mol. The topological polar surface area (TPSA) is 44.8 Å². The maximum absolute atomic E-state index is 12.5. The maximum Gasteiger partial charge on any atom is 0.410 e. The third kappa shape index (κ3) is 3.82. The van der Waals surface area contributed by atoms with E-state index in [4.69, 9.17) is 4.74 Å². The highest BCUT2D eigenvalue weighted by Crippen LogP contribution is 2.37. The highest BCUT2D eigenvalue weighted by molar-refractivity contribution is 5.69. The van der Waals surface area contributed by atoms with Crippen LogP contribution in [0, 0.1) is 0 Å². The van der Waals surface area contributed by atoms with Gasteiger partial charge in [-0.2, -0.15) is 0 Å². The minimum Gasteiger partial charge on any atom is -0.444 e. The van der Waals surface area contributed by atoms with Crippen molar-refractivity contribution in [2.75, 3.05) is 13.6 Å². The van der Waals surface area contributed by atoms with Crippen LogP contribution in [0.2, 0.25) is 0 Å². The van der Waals surface area contributed by atoms with Gasteiger partial charge in [0, 0.05) is 36.8 Å². The summed E-state index contributed by atoms with van der Waals surface area (Å²) >= 11 is 0. The van der Waals surface area contributed by atoms with E-state index in [1.54, 1.807) is 0 Å². The molecule has 3 heterocycles. The van der Waals surface area contributed by atoms with E-state index in [1.165, 1.54) is 6.42 Å². The van der Waals surface area contributed by atoms with Crippen molar-refractivity contribution in [2.45, 2.75) is 95.6 Å². The second kappa shape index (κ2) is 6.25. The van der Waals surface area contributed by atoms with E-state index in [9.17, 15) is 4.79 Å². The summed E-state index contributed by atoms with van der Waals surface area (Å²) < 4.78 is 5.61. The lowest BCUT2D eigenvalue weighted by Gasteiger charge is -2.40. The monoisotopic (exact) mass is 323 g/mol. The van der Waals surface area contributed by atoms with E-state index in [1.807, 2.05) is 25.7 Å². The van der Waals surface area contributed by atoms with Crippen LogP contribution in [0.4, 0.5) is 4.79 Å². The van der Waals surface area contributed by atoms with Gasteiger partial charge in [0.2, 0.25) is 0 Å². The summed E-state index contributed by atoms with van der Waals surface area (Å²) in [5.74, 6) is 0. The van der Waals surface area contributed by atoms with E-state index in [-0.39, 0.29) is 6.09 Å². The molecule has 5 heteroatoms. The van der Waals surface area contributed by atoms with Crippen molar-refractivity contribution in [3.05, 3.63) is 0 Å². The molecule has 23 heavy (non-hydrogen) atoms. The highest BCUT2D eigenvalue weighted by Gasteiger charge is 2.45. The summed E-state index contributed by atoms with van der Waals surface area (Å²) in [7, 11) is 2.21. The fourth-order valence-corrected chi connectivity index (χ4v) is 4.57. The Morgan fingerprint density at radius 1 is 1.09 bits per heavy atom. The minimum absolute atomic E-state index is 0.113. The highest BCUT2D eigenvalue weighted by atomic mass is 16.6. The molecule has 0 saturated carbocycles. The smallest absolute Gasteiger partial charge is 0.410 e. The van der Waals surface area contributed by atoms with Gasteiger partial charge in [0.25, 0.3) is 0 Å². The number of nitrogens with one attached hydrogen (secondary N) is 1. The van der Waals surface area contributed by atoms with E-state index >= 15 is 0 Å². The molecule has 132 valence electrons. The van der Waals surface area contributed by atoms with Gasteiger partial charge in [-0.3, -0.25) is 0 Å². The van der Waals surface area contributed by atoms with Crippen molar-refractivity contribution in [1.82, 2.24) is 15.1 Å². The fraction of sp³-hybridized carbons (Fsp3) is 0.944. The summed E-state index contributed by atoms with van der Waals surface area (Å²) in [5, 5.41) is 3.87. The molecule has 0 radical (unpaired) electrons. The Hall–Kier alpha value is -0.810. The first-order chi connectivity index (χ1) is 10.7. The Labute approximate surface area is 140 Å². The Morgan fingerprint density at radius 2 is 1.70 bits per heavy atom. The minimum atomic E-state index is -0.407. The van der Waals surface area contributed by atoms with E-state index in [0.717, 1.165) is 32.2 Å². The molecule has 0 aromatic heterocycles. The van der Waals surface area contributed by atoms with Crippen LogP contribution in [0.3, 0.4) is 0 Å². The Balaban J connectivity index is 1.56. The average Bonchev–Trinajstić information content (AvgIpc) is 2.85. The molecular formula is C18H33N3O2. The number of hydrogen-bond donors (Lipinski definition) is 1. The van der Waals surface area contributed by atoms with Gasteiger partial charge in [0.15, 0.2) is 0 Å². The first-order valence-electron chi connectivity index (χ1n) is 9.20. The quantitative estimate of drug-likeness (QED) is 0.848. The molecule has 3 aliphatic heterocycles. The molecule has 4 atom stereocenters. The first-order valence-corrected chi connectivity index (χ1v) is 9.20. The third-order valence-corrected chi connectivity index (χ3v) is 5.70. The van der Waals surface area contributed by atoms with Crippen LogP contribution in [-0.4, -0.2) is 65.3 Å². The molecule has 3 fully saturated rings. The van der Waals surface area contributed by atoms with Crippen molar-refractivity contribution >= 4 is 6.09 Å². The van der Waals surface area contributed by atoms with Crippen LogP contribution < -0.4 is 5.32 Å². The number of likely N-dealkylation sites (tertiary alicyclic amines) is 1. The SMILES string of the molecule is CC1CC(NC2CC3CCC(C2)N3C(=O)OC(C)(C)C)CN1C. The van der Waals surface area contributed by atoms with Gasteiger partial charge in [0.1, 0.15) is 5.60 Å². The van der Waals surface area contributed by atoms with E-state index in [0.29, 0.717) is 30.2 Å². The van der Waals surface area contributed by atoms with E-state index < -0.39 is 5.60 Å². The Morgan fingerprint density at radius 3 is 2.17 bits per heavy atom. The van der Waals surface area contributed by atoms with Crippen LogP contribution in [-0.2, 0) is 4.74 Å². The zero-order valence-electron chi connectivity index (χ0n) is 15.3. The molecule has 3 aliphatic rings. The number of ether oxygens (including phenoxy) is 1. The summed E-state index contributed by atoms with van der Waals surface area (Å²) in [6.07, 6.45) is 5.52. The molecule has 4 unspecified atom stereocenters. The predicted octanol–water partition coefficient (Wildman–Crippen LogP) is 2.60. The van der Waals surface area contributed by atoms with Gasteiger partial charge >= 0.3 is 6.09 Å². The largest absolute Gasteiger partial charge is 0.444 e. The summed E-state index contributed by atoms with van der Waals surface area (Å²) in [4.78, 5) is 17.0. The van der Waals surface area contributed by atoms with Crippen LogP contribution in [0.1, 0.15) is 59.8 Å². The van der Waals surface area contributed by atoms with Crippen molar-refractivity contribution in [2.24, 2.45) is 0 Å². The fourth-order valence-electron chi connectivity index (χ4n) is 4.57. The van der Waals surface area contributed by atoms with Gasteiger partial charge < -0.3 is 19.9 Å². The summed E-state index contributed by atoms with van der Waals surface area (Å²) in [6, 6.07) is 2.55. The van der Waals surface area contributed by atoms with Gasteiger partial charge in [-0.05, 0) is 66.8 Å². The predicted molar refractivity (Wildman–Crippen MR) is 91.5 cm³/mol. The van der Waals surface area contributed by atoms with Crippen molar-refractivity contribution in [3.8, 4) is 0 Å². The van der Waals surface area contributed by atoms with Crippen LogP contribution in [0.5, 0.6) is 0 Å². The molecule has 3 saturated heterocycles. The van der Waals surface area contributed by atoms with Gasteiger partial charge in [-0.15, -0.1) is 0 Å². The molecule has 1 N–H and O–H groups in total. The standard InChI is InChI=1S/C18H33N3O2/c1-12-8-14(11-20(12)5)19-13-9-15-6-7-16(10-13)21(15)17(22)23-18(2,3)4/h12-16,19H,6-11H2,1-5H3. The number of rotatable bonds is 2. The number of likely N-dealkylation sites (N-methyl/N-ethyl adjacent to an activating group) is 1. The number of piperidine rings is 1. The summed E-state index contributed by atoms with van der Waals surface area (Å²) in [6.45, 7) is 9.27. The summed E-state index contributed by atoms with van der Waals surface area (Å²) in [5.41, 5.74) is -0.407. The van der Waals surface area contributed by atoms with Crippen LogP contribution >= 0.6 is 0 Å². The number of amides is 1. The number of nitrogens with zero attached hydrogens (tertiary/aromatic N) is 2. The molecule has 3 rings (SSSR count). The lowest BCUT2D eigenvalue weighted by Crippen LogP contribution is -2.54.